The summed E-state index contributed by atoms with van der Waals surface area (Å²) in [6, 6.07) is 16.1. The minimum Gasteiger partial charge on any atom is -0.512 e. The maximum Gasteiger partial charge on any atom is 0.263 e. The molecule has 0 aliphatic heterocycles. The van der Waals surface area contributed by atoms with E-state index in [2.05, 4.69) is 25.0 Å². The van der Waals surface area contributed by atoms with Gasteiger partial charge in [0.1, 0.15) is 17.4 Å². The van der Waals surface area contributed by atoms with Gasteiger partial charge in [-0.15, -0.1) is 0 Å². The molecule has 0 bridgehead atoms. The number of nitrogens with one attached hydrogen (secondary N) is 2. The highest BCUT2D eigenvalue weighted by Crippen LogP contribution is 2.20. The molecule has 0 fully saturated rings. The normalized spacial score (nSPS) is 12.3. The van der Waals surface area contributed by atoms with Crippen LogP contribution in [0.1, 0.15) is 18.4 Å². The van der Waals surface area contributed by atoms with Crippen LogP contribution < -0.4 is 10.0 Å². The molecule has 170 valence electrons. The summed E-state index contributed by atoms with van der Waals surface area (Å²) in [4.78, 5) is 24.9. The summed E-state index contributed by atoms with van der Waals surface area (Å²) >= 11 is 0. The lowest BCUT2D eigenvalue weighted by atomic mass is 10.2. The number of aliphatic hydroxyl groups excluding tert-OH is 1. The lowest BCUT2D eigenvalue weighted by Crippen LogP contribution is -2.16. The van der Waals surface area contributed by atoms with Gasteiger partial charge in [-0.25, -0.2) is 18.4 Å². The van der Waals surface area contributed by atoms with Crippen molar-refractivity contribution in [3.8, 4) is 0 Å². The van der Waals surface area contributed by atoms with E-state index >= 15 is 0 Å². The SMILES string of the molecule is C/C(O)=C(/C=Nc1ccc(S(=O)(=O)Nc2cc(C)nc(C)n2)cc1)C(=O)Nc1ccccc1. The number of aliphatic imine (C=N–C) groups is 1. The van der Waals surface area contributed by atoms with Crippen molar-refractivity contribution in [1.82, 2.24) is 9.97 Å². The van der Waals surface area contributed by atoms with Gasteiger partial charge in [0, 0.05) is 23.7 Å². The van der Waals surface area contributed by atoms with Crippen LogP contribution in [-0.4, -0.2) is 35.6 Å². The van der Waals surface area contributed by atoms with Crippen LogP contribution in [0.15, 0.2) is 81.9 Å². The van der Waals surface area contributed by atoms with Crippen molar-refractivity contribution in [3.05, 3.63) is 83.5 Å². The summed E-state index contributed by atoms with van der Waals surface area (Å²) in [6.07, 6.45) is 1.22. The van der Waals surface area contributed by atoms with Gasteiger partial charge in [0.05, 0.1) is 16.2 Å². The number of para-hydroxylation sites is 1. The quantitative estimate of drug-likeness (QED) is 0.274. The lowest BCUT2D eigenvalue weighted by Gasteiger charge is -2.09. The van der Waals surface area contributed by atoms with Gasteiger partial charge in [0.2, 0.25) is 0 Å². The molecule has 2 aromatic carbocycles. The molecule has 0 radical (unpaired) electrons. The van der Waals surface area contributed by atoms with Crippen LogP contribution in [0.4, 0.5) is 17.2 Å². The zero-order chi connectivity index (χ0) is 24.0. The molecule has 0 atom stereocenters. The summed E-state index contributed by atoms with van der Waals surface area (Å²) in [5.74, 6) is -0.0914. The maximum atomic E-state index is 12.7. The molecule has 0 saturated heterocycles. The van der Waals surface area contributed by atoms with Crippen LogP contribution in [0.2, 0.25) is 0 Å². The monoisotopic (exact) mass is 465 g/mol. The number of rotatable bonds is 7. The van der Waals surface area contributed by atoms with Crippen molar-refractivity contribution in [2.45, 2.75) is 25.7 Å². The summed E-state index contributed by atoms with van der Waals surface area (Å²) in [5.41, 5.74) is 1.59. The molecule has 1 aromatic heterocycles. The van der Waals surface area contributed by atoms with Crippen molar-refractivity contribution >= 4 is 39.3 Å². The number of hydrogen-bond acceptors (Lipinski definition) is 7. The Morgan fingerprint density at radius 3 is 2.30 bits per heavy atom. The molecule has 10 heteroatoms. The smallest absolute Gasteiger partial charge is 0.263 e. The van der Waals surface area contributed by atoms with Crippen molar-refractivity contribution in [3.63, 3.8) is 0 Å². The van der Waals surface area contributed by atoms with Gasteiger partial charge in [-0.1, -0.05) is 18.2 Å². The number of amides is 1. The number of carbonyl (C=O) groups is 1. The number of benzene rings is 2. The van der Waals surface area contributed by atoms with Crippen LogP contribution in [0, 0.1) is 13.8 Å². The number of aromatic nitrogens is 2. The van der Waals surface area contributed by atoms with Crippen LogP contribution in [0.5, 0.6) is 0 Å². The molecule has 3 rings (SSSR count). The highest BCUT2D eigenvalue weighted by atomic mass is 32.2. The Balaban J connectivity index is 1.74. The molecule has 1 heterocycles. The molecule has 3 aromatic rings. The number of carbonyl (C=O) groups excluding carboxylic acids is 1. The fraction of sp³-hybridized carbons (Fsp3) is 0.130. The van der Waals surface area contributed by atoms with Crippen molar-refractivity contribution in [2.75, 3.05) is 10.0 Å². The zero-order valence-corrected chi connectivity index (χ0v) is 19.1. The van der Waals surface area contributed by atoms with E-state index in [1.165, 1.54) is 43.5 Å². The van der Waals surface area contributed by atoms with Crippen LogP contribution in [0.3, 0.4) is 0 Å². The Labute approximate surface area is 192 Å². The number of sulfonamides is 1. The second-order valence-corrected chi connectivity index (χ2v) is 8.80. The lowest BCUT2D eigenvalue weighted by molar-refractivity contribution is -0.112. The number of nitrogens with zero attached hydrogens (tertiary/aromatic N) is 3. The first-order valence-electron chi connectivity index (χ1n) is 9.89. The van der Waals surface area contributed by atoms with E-state index in [1.807, 2.05) is 6.07 Å². The largest absolute Gasteiger partial charge is 0.512 e. The third-order valence-electron chi connectivity index (χ3n) is 4.36. The predicted octanol–water partition coefficient (Wildman–Crippen LogP) is 4.07. The molecule has 9 nitrogen and oxygen atoms in total. The number of allylic oxidation sites excluding steroid dienone is 1. The van der Waals surface area contributed by atoms with Gasteiger partial charge in [-0.05, 0) is 57.2 Å². The molecule has 0 aliphatic rings. The first-order chi connectivity index (χ1) is 15.6. The van der Waals surface area contributed by atoms with Gasteiger partial charge in [-0.3, -0.25) is 14.5 Å². The topological polar surface area (TPSA) is 134 Å². The van der Waals surface area contributed by atoms with Gasteiger partial charge < -0.3 is 10.4 Å². The van der Waals surface area contributed by atoms with E-state index in [0.29, 0.717) is 22.9 Å². The Morgan fingerprint density at radius 2 is 1.70 bits per heavy atom. The number of aryl methyl sites for hydroxylation is 2. The van der Waals surface area contributed by atoms with Crippen LogP contribution >= 0.6 is 0 Å². The maximum absolute atomic E-state index is 12.7. The summed E-state index contributed by atoms with van der Waals surface area (Å²) in [7, 11) is -3.86. The highest BCUT2D eigenvalue weighted by Gasteiger charge is 2.16. The standard InChI is InChI=1S/C23H23N5O4S/c1-15-13-22(26-17(3)25-15)28-33(31,32)20-11-9-18(10-12-20)24-14-21(16(2)29)23(30)27-19-7-5-4-6-8-19/h4-14,29H,1-3H3,(H,27,30)(H,25,26,28)/b21-16+,24-14?. The van der Waals surface area contributed by atoms with Crippen molar-refractivity contribution in [1.29, 1.82) is 0 Å². The van der Waals surface area contributed by atoms with E-state index in [-0.39, 0.29) is 22.0 Å². The molecular formula is C23H23N5O4S. The summed E-state index contributed by atoms with van der Waals surface area (Å²) < 4.78 is 27.7. The molecule has 33 heavy (non-hydrogen) atoms. The number of aliphatic hydroxyl groups is 1. The molecule has 3 N–H and O–H groups in total. The minimum absolute atomic E-state index is 0.0197. The Hall–Kier alpha value is -4.05. The van der Waals surface area contributed by atoms with Crippen LogP contribution in [-0.2, 0) is 14.8 Å². The number of anilines is 2. The van der Waals surface area contributed by atoms with Gasteiger partial charge in [0.25, 0.3) is 15.9 Å². The van der Waals surface area contributed by atoms with E-state index in [9.17, 15) is 18.3 Å². The third-order valence-corrected chi connectivity index (χ3v) is 5.73. The Bertz CT molecular complexity index is 1290. The van der Waals surface area contributed by atoms with Crippen LogP contribution in [0.25, 0.3) is 0 Å². The summed E-state index contributed by atoms with van der Waals surface area (Å²) in [6.45, 7) is 4.80. The Kier molecular flexibility index (Phi) is 7.19. The van der Waals surface area contributed by atoms with E-state index in [0.717, 1.165) is 0 Å². The molecule has 0 unspecified atom stereocenters. The second kappa shape index (κ2) is 10.0. The number of hydrogen-bond donors (Lipinski definition) is 3. The van der Waals surface area contributed by atoms with Crippen molar-refractivity contribution in [2.24, 2.45) is 4.99 Å². The Morgan fingerprint density at radius 1 is 1.03 bits per heavy atom. The third kappa shape index (κ3) is 6.47. The first-order valence-corrected chi connectivity index (χ1v) is 11.4. The predicted molar refractivity (Wildman–Crippen MR) is 127 cm³/mol. The fourth-order valence-corrected chi connectivity index (χ4v) is 3.84. The molecule has 0 aliphatic carbocycles. The van der Waals surface area contributed by atoms with Crippen molar-refractivity contribution < 1.29 is 18.3 Å². The average molecular weight is 466 g/mol. The molecule has 1 amide bonds. The van der Waals surface area contributed by atoms with E-state index in [4.69, 9.17) is 0 Å². The highest BCUT2D eigenvalue weighted by molar-refractivity contribution is 7.92. The molecular weight excluding hydrogens is 442 g/mol. The first kappa shape index (κ1) is 23.6. The average Bonchev–Trinajstić information content (AvgIpc) is 2.73. The summed E-state index contributed by atoms with van der Waals surface area (Å²) in [5, 5.41) is 12.6. The fourth-order valence-electron chi connectivity index (χ4n) is 2.85. The minimum atomic E-state index is -3.86. The second-order valence-electron chi connectivity index (χ2n) is 7.12. The molecule has 0 saturated carbocycles. The van der Waals surface area contributed by atoms with Gasteiger partial charge >= 0.3 is 0 Å². The van der Waals surface area contributed by atoms with Gasteiger partial charge in [0.15, 0.2) is 0 Å². The zero-order valence-electron chi connectivity index (χ0n) is 18.3. The van der Waals surface area contributed by atoms with E-state index < -0.39 is 15.9 Å². The van der Waals surface area contributed by atoms with E-state index in [1.54, 1.807) is 38.1 Å². The van der Waals surface area contributed by atoms with Gasteiger partial charge in [-0.2, -0.15) is 0 Å². The molecule has 0 spiro atoms.